The number of rotatable bonds is 4. The summed E-state index contributed by atoms with van der Waals surface area (Å²) in [7, 11) is 1.65. The van der Waals surface area contributed by atoms with Crippen LogP contribution in [0.3, 0.4) is 0 Å². The summed E-state index contributed by atoms with van der Waals surface area (Å²) in [5.41, 5.74) is 6.96. The average Bonchev–Trinajstić information content (AvgIpc) is 2.18. The number of para-hydroxylation sites is 1. The molecule has 0 amide bonds. The van der Waals surface area contributed by atoms with Gasteiger partial charge in [-0.15, -0.1) is 19.0 Å². The third-order valence-corrected chi connectivity index (χ3v) is 1.96. The molecule has 0 spiro atoms. The molecule has 2 N–H and O–H groups in total. The van der Waals surface area contributed by atoms with Crippen LogP contribution >= 0.6 is 12.4 Å². The van der Waals surface area contributed by atoms with E-state index >= 15 is 0 Å². The third-order valence-electron chi connectivity index (χ3n) is 1.96. The Morgan fingerprint density at radius 1 is 1.50 bits per heavy atom. The van der Waals surface area contributed by atoms with Crippen molar-refractivity contribution in [1.29, 1.82) is 0 Å². The third kappa shape index (κ3) is 3.05. The molecule has 1 aromatic carbocycles. The molecule has 0 aliphatic carbocycles. The Balaban J connectivity index is 0.00000169. The van der Waals surface area contributed by atoms with Crippen molar-refractivity contribution in [2.24, 2.45) is 5.73 Å². The van der Waals surface area contributed by atoms with Gasteiger partial charge in [0.25, 0.3) is 0 Å². The molecule has 0 bridgehead atoms. The molecule has 0 fully saturated rings. The standard InChI is InChI=1S/C11H15NO.ClH/c1-3-6-10(12)9-7-4-5-8-11(9)13-2;/h3-5,7-8,10H,1,6,12H2,2H3;1H/t10-;/m0./s1. The molecule has 0 saturated carbocycles. The summed E-state index contributed by atoms with van der Waals surface area (Å²) in [6.07, 6.45) is 2.58. The van der Waals surface area contributed by atoms with Crippen molar-refractivity contribution in [1.82, 2.24) is 0 Å². The lowest BCUT2D eigenvalue weighted by atomic mass is 10.0. The van der Waals surface area contributed by atoms with Gasteiger partial charge < -0.3 is 10.5 Å². The second-order valence-corrected chi connectivity index (χ2v) is 2.87. The highest BCUT2D eigenvalue weighted by Crippen LogP contribution is 2.24. The van der Waals surface area contributed by atoms with E-state index in [0.29, 0.717) is 0 Å². The fourth-order valence-corrected chi connectivity index (χ4v) is 1.28. The summed E-state index contributed by atoms with van der Waals surface area (Å²) in [4.78, 5) is 0. The smallest absolute Gasteiger partial charge is 0.123 e. The number of halogens is 1. The van der Waals surface area contributed by atoms with E-state index in [1.807, 2.05) is 30.3 Å². The zero-order valence-electron chi connectivity index (χ0n) is 8.27. The van der Waals surface area contributed by atoms with E-state index < -0.39 is 0 Å². The van der Waals surface area contributed by atoms with Crippen molar-refractivity contribution in [3.05, 3.63) is 42.5 Å². The number of methoxy groups -OCH3 is 1. The SMILES string of the molecule is C=CC[C@H](N)c1ccccc1OC.Cl. The Morgan fingerprint density at radius 2 is 2.14 bits per heavy atom. The molecule has 1 aromatic rings. The molecule has 78 valence electrons. The number of hydrogen-bond acceptors (Lipinski definition) is 2. The van der Waals surface area contributed by atoms with Crippen LogP contribution in [-0.2, 0) is 0 Å². The predicted octanol–water partition coefficient (Wildman–Crippen LogP) is 2.69. The van der Waals surface area contributed by atoms with Crippen molar-refractivity contribution in [3.63, 3.8) is 0 Å². The zero-order chi connectivity index (χ0) is 9.68. The van der Waals surface area contributed by atoms with Gasteiger partial charge >= 0.3 is 0 Å². The largest absolute Gasteiger partial charge is 0.496 e. The Morgan fingerprint density at radius 3 is 2.71 bits per heavy atom. The van der Waals surface area contributed by atoms with Crippen LogP contribution in [0.4, 0.5) is 0 Å². The highest BCUT2D eigenvalue weighted by atomic mass is 35.5. The van der Waals surface area contributed by atoms with Crippen LogP contribution in [0.2, 0.25) is 0 Å². The van der Waals surface area contributed by atoms with Gasteiger partial charge in [-0.05, 0) is 12.5 Å². The van der Waals surface area contributed by atoms with E-state index in [1.165, 1.54) is 0 Å². The lowest BCUT2D eigenvalue weighted by Gasteiger charge is -2.13. The summed E-state index contributed by atoms with van der Waals surface area (Å²) >= 11 is 0. The van der Waals surface area contributed by atoms with Gasteiger partial charge in [0.05, 0.1) is 7.11 Å². The Hall–Kier alpha value is -0.990. The van der Waals surface area contributed by atoms with Crippen molar-refractivity contribution >= 4 is 12.4 Å². The molecule has 3 heteroatoms. The van der Waals surface area contributed by atoms with Crippen LogP contribution in [0.15, 0.2) is 36.9 Å². The first-order valence-electron chi connectivity index (χ1n) is 4.29. The first-order chi connectivity index (χ1) is 6.29. The van der Waals surface area contributed by atoms with Crippen LogP contribution in [0, 0.1) is 0 Å². The number of nitrogens with two attached hydrogens (primary N) is 1. The Labute approximate surface area is 91.2 Å². The van der Waals surface area contributed by atoms with E-state index in [1.54, 1.807) is 7.11 Å². The fourth-order valence-electron chi connectivity index (χ4n) is 1.28. The molecule has 0 heterocycles. The minimum Gasteiger partial charge on any atom is -0.496 e. The summed E-state index contributed by atoms with van der Waals surface area (Å²) in [5, 5.41) is 0. The first-order valence-corrected chi connectivity index (χ1v) is 4.29. The lowest BCUT2D eigenvalue weighted by molar-refractivity contribution is 0.406. The van der Waals surface area contributed by atoms with E-state index in [4.69, 9.17) is 10.5 Å². The van der Waals surface area contributed by atoms with Crippen molar-refractivity contribution < 1.29 is 4.74 Å². The van der Waals surface area contributed by atoms with Crippen molar-refractivity contribution in [2.75, 3.05) is 7.11 Å². The minimum absolute atomic E-state index is 0. The van der Waals surface area contributed by atoms with Gasteiger partial charge in [0.1, 0.15) is 5.75 Å². The molecule has 0 aromatic heterocycles. The van der Waals surface area contributed by atoms with Crippen molar-refractivity contribution in [3.8, 4) is 5.75 Å². The average molecular weight is 214 g/mol. The molecule has 2 nitrogen and oxygen atoms in total. The fraction of sp³-hybridized carbons (Fsp3) is 0.273. The molecule has 0 aliphatic heterocycles. The monoisotopic (exact) mass is 213 g/mol. The molecular weight excluding hydrogens is 198 g/mol. The first kappa shape index (κ1) is 13.0. The van der Waals surface area contributed by atoms with Crippen LogP contribution in [0.1, 0.15) is 18.0 Å². The zero-order valence-corrected chi connectivity index (χ0v) is 9.09. The van der Waals surface area contributed by atoms with E-state index in [9.17, 15) is 0 Å². The molecule has 0 unspecified atom stereocenters. The Bertz CT molecular complexity index is 288. The summed E-state index contributed by atoms with van der Waals surface area (Å²) in [6, 6.07) is 7.77. The molecular formula is C11H16ClNO. The van der Waals surface area contributed by atoms with Gasteiger partial charge in [-0.2, -0.15) is 0 Å². The molecule has 1 atom stereocenters. The number of benzene rings is 1. The van der Waals surface area contributed by atoms with E-state index in [-0.39, 0.29) is 18.4 Å². The normalized spacial score (nSPS) is 11.3. The Kier molecular flexibility index (Phi) is 6.00. The van der Waals surface area contributed by atoms with Gasteiger partial charge in [0.15, 0.2) is 0 Å². The second-order valence-electron chi connectivity index (χ2n) is 2.87. The number of hydrogen-bond donors (Lipinski definition) is 1. The van der Waals surface area contributed by atoms with Gasteiger partial charge in [0, 0.05) is 11.6 Å². The van der Waals surface area contributed by atoms with Crippen LogP contribution in [0.25, 0.3) is 0 Å². The van der Waals surface area contributed by atoms with Crippen LogP contribution < -0.4 is 10.5 Å². The van der Waals surface area contributed by atoms with Crippen LogP contribution in [-0.4, -0.2) is 7.11 Å². The maximum atomic E-state index is 5.93. The second kappa shape index (κ2) is 6.46. The van der Waals surface area contributed by atoms with Gasteiger partial charge in [-0.25, -0.2) is 0 Å². The molecule has 0 saturated heterocycles. The summed E-state index contributed by atoms with van der Waals surface area (Å²) in [5.74, 6) is 0.844. The molecule has 14 heavy (non-hydrogen) atoms. The molecule has 0 radical (unpaired) electrons. The molecule has 1 rings (SSSR count). The quantitative estimate of drug-likeness (QED) is 0.781. The maximum Gasteiger partial charge on any atom is 0.123 e. The van der Waals surface area contributed by atoms with Crippen LogP contribution in [0.5, 0.6) is 5.75 Å². The van der Waals surface area contributed by atoms with Gasteiger partial charge in [-0.1, -0.05) is 24.3 Å². The van der Waals surface area contributed by atoms with E-state index in [2.05, 4.69) is 6.58 Å². The maximum absolute atomic E-state index is 5.93. The predicted molar refractivity (Wildman–Crippen MR) is 62.0 cm³/mol. The summed E-state index contributed by atoms with van der Waals surface area (Å²) < 4.78 is 5.20. The van der Waals surface area contributed by atoms with E-state index in [0.717, 1.165) is 17.7 Å². The minimum atomic E-state index is -0.0198. The van der Waals surface area contributed by atoms with Gasteiger partial charge in [0.2, 0.25) is 0 Å². The van der Waals surface area contributed by atoms with Gasteiger partial charge in [-0.3, -0.25) is 0 Å². The highest BCUT2D eigenvalue weighted by molar-refractivity contribution is 5.85. The van der Waals surface area contributed by atoms with Crippen molar-refractivity contribution in [2.45, 2.75) is 12.5 Å². The number of ether oxygens (including phenoxy) is 1. The summed E-state index contributed by atoms with van der Waals surface area (Å²) in [6.45, 7) is 3.66. The topological polar surface area (TPSA) is 35.2 Å². The molecule has 0 aliphatic rings. The highest BCUT2D eigenvalue weighted by Gasteiger charge is 2.08. The lowest BCUT2D eigenvalue weighted by Crippen LogP contribution is -2.10.